The van der Waals surface area contributed by atoms with Crippen molar-refractivity contribution in [2.24, 2.45) is 5.92 Å². The molecule has 2 nitrogen and oxygen atoms in total. The third-order valence-corrected chi connectivity index (χ3v) is 3.96. The molecular formula is C14H21BrO2. The maximum Gasteiger partial charge on any atom is 0.120 e. The van der Waals surface area contributed by atoms with Gasteiger partial charge in [0.15, 0.2) is 0 Å². The summed E-state index contributed by atoms with van der Waals surface area (Å²) in [5, 5.41) is 10.2. The fourth-order valence-corrected chi connectivity index (χ4v) is 2.59. The van der Waals surface area contributed by atoms with Gasteiger partial charge in [-0.1, -0.05) is 48.7 Å². The molecular weight excluding hydrogens is 280 g/mol. The Kier molecular flexibility index (Phi) is 6.00. The Morgan fingerprint density at radius 3 is 2.41 bits per heavy atom. The van der Waals surface area contributed by atoms with Crippen molar-refractivity contribution in [1.29, 1.82) is 0 Å². The first-order valence-corrected chi connectivity index (χ1v) is 6.93. The standard InChI is InChI=1S/C14H21BrO2/c1-4-10(5-2)8-14(16)12-7-6-11(17-3)9-13(12)15/h6-7,9-10,14,16H,4-5,8H2,1-3H3. The number of ether oxygens (including phenoxy) is 1. The summed E-state index contributed by atoms with van der Waals surface area (Å²) in [5.41, 5.74) is 0.942. The monoisotopic (exact) mass is 300 g/mol. The van der Waals surface area contributed by atoms with Gasteiger partial charge in [-0.25, -0.2) is 0 Å². The highest BCUT2D eigenvalue weighted by Crippen LogP contribution is 2.32. The van der Waals surface area contributed by atoms with Crippen LogP contribution in [0.15, 0.2) is 22.7 Å². The maximum atomic E-state index is 10.2. The largest absolute Gasteiger partial charge is 0.497 e. The van der Waals surface area contributed by atoms with Crippen molar-refractivity contribution in [2.45, 2.75) is 39.2 Å². The van der Waals surface area contributed by atoms with E-state index in [0.717, 1.165) is 35.0 Å². The average Bonchev–Trinajstić information content (AvgIpc) is 2.35. The summed E-state index contributed by atoms with van der Waals surface area (Å²) < 4.78 is 6.05. The summed E-state index contributed by atoms with van der Waals surface area (Å²) >= 11 is 3.48. The zero-order valence-corrected chi connectivity index (χ0v) is 12.3. The molecule has 0 heterocycles. The van der Waals surface area contributed by atoms with E-state index in [0.29, 0.717) is 5.92 Å². The fraction of sp³-hybridized carbons (Fsp3) is 0.571. The van der Waals surface area contributed by atoms with Crippen molar-refractivity contribution in [2.75, 3.05) is 7.11 Å². The van der Waals surface area contributed by atoms with Gasteiger partial charge in [0, 0.05) is 4.47 Å². The van der Waals surface area contributed by atoms with Crippen LogP contribution in [-0.4, -0.2) is 12.2 Å². The van der Waals surface area contributed by atoms with E-state index in [9.17, 15) is 5.11 Å². The second kappa shape index (κ2) is 7.02. The minimum absolute atomic E-state index is 0.403. The van der Waals surface area contributed by atoms with E-state index < -0.39 is 6.10 Å². The van der Waals surface area contributed by atoms with E-state index in [-0.39, 0.29) is 0 Å². The van der Waals surface area contributed by atoms with Crippen molar-refractivity contribution in [1.82, 2.24) is 0 Å². The Hall–Kier alpha value is -0.540. The van der Waals surface area contributed by atoms with E-state index >= 15 is 0 Å². The third kappa shape index (κ3) is 4.00. The summed E-state index contributed by atoms with van der Waals surface area (Å²) in [6, 6.07) is 5.71. The van der Waals surface area contributed by atoms with Gasteiger partial charge < -0.3 is 9.84 Å². The zero-order valence-electron chi connectivity index (χ0n) is 10.7. The second-order valence-corrected chi connectivity index (χ2v) is 5.18. The lowest BCUT2D eigenvalue weighted by Crippen LogP contribution is -2.06. The normalized spacial score (nSPS) is 12.8. The van der Waals surface area contributed by atoms with Crippen LogP contribution < -0.4 is 4.74 Å². The SMILES string of the molecule is CCC(CC)CC(O)c1ccc(OC)cc1Br. The Morgan fingerprint density at radius 1 is 1.29 bits per heavy atom. The molecule has 17 heavy (non-hydrogen) atoms. The van der Waals surface area contributed by atoms with Crippen molar-refractivity contribution < 1.29 is 9.84 Å². The summed E-state index contributed by atoms with van der Waals surface area (Å²) in [7, 11) is 1.64. The first-order chi connectivity index (χ1) is 8.12. The number of hydrogen-bond acceptors (Lipinski definition) is 2. The summed E-state index contributed by atoms with van der Waals surface area (Å²) in [5.74, 6) is 1.38. The Balaban J connectivity index is 2.78. The maximum absolute atomic E-state index is 10.2. The number of rotatable bonds is 6. The van der Waals surface area contributed by atoms with Crippen molar-refractivity contribution in [3.63, 3.8) is 0 Å². The van der Waals surface area contributed by atoms with E-state index in [4.69, 9.17) is 4.74 Å². The molecule has 3 heteroatoms. The predicted octanol–water partition coefficient (Wildman–Crippen LogP) is 4.32. The molecule has 96 valence electrons. The van der Waals surface area contributed by atoms with Crippen LogP contribution in [0.1, 0.15) is 44.8 Å². The molecule has 1 N–H and O–H groups in total. The third-order valence-electron chi connectivity index (χ3n) is 3.28. The highest BCUT2D eigenvalue weighted by Gasteiger charge is 2.16. The summed E-state index contributed by atoms with van der Waals surface area (Å²) in [6.45, 7) is 4.34. The molecule has 0 aliphatic carbocycles. The van der Waals surface area contributed by atoms with E-state index in [1.807, 2.05) is 18.2 Å². The number of methoxy groups -OCH3 is 1. The quantitative estimate of drug-likeness (QED) is 0.848. The number of aliphatic hydroxyl groups is 1. The van der Waals surface area contributed by atoms with Gasteiger partial charge in [-0.3, -0.25) is 0 Å². The predicted molar refractivity (Wildman–Crippen MR) is 74.3 cm³/mol. The molecule has 0 bridgehead atoms. The Labute approximate surface area is 112 Å². The fourth-order valence-electron chi connectivity index (χ4n) is 1.97. The lowest BCUT2D eigenvalue weighted by atomic mass is 9.93. The summed E-state index contributed by atoms with van der Waals surface area (Å²) in [4.78, 5) is 0. The van der Waals surface area contributed by atoms with Crippen LogP contribution in [0.5, 0.6) is 5.75 Å². The molecule has 0 saturated carbocycles. The Morgan fingerprint density at radius 2 is 1.94 bits per heavy atom. The molecule has 1 rings (SSSR count). The molecule has 0 radical (unpaired) electrons. The second-order valence-electron chi connectivity index (χ2n) is 4.32. The van der Waals surface area contributed by atoms with Gasteiger partial charge in [-0.15, -0.1) is 0 Å². The highest BCUT2D eigenvalue weighted by molar-refractivity contribution is 9.10. The lowest BCUT2D eigenvalue weighted by molar-refractivity contribution is 0.140. The number of halogens is 1. The molecule has 1 atom stereocenters. The first-order valence-electron chi connectivity index (χ1n) is 6.13. The molecule has 1 aromatic carbocycles. The van der Waals surface area contributed by atoms with Gasteiger partial charge >= 0.3 is 0 Å². The first kappa shape index (κ1) is 14.5. The smallest absolute Gasteiger partial charge is 0.120 e. The van der Waals surface area contributed by atoms with Crippen molar-refractivity contribution in [3.05, 3.63) is 28.2 Å². The van der Waals surface area contributed by atoms with Crippen LogP contribution >= 0.6 is 15.9 Å². The summed E-state index contributed by atoms with van der Waals surface area (Å²) in [6.07, 6.45) is 2.64. The minimum Gasteiger partial charge on any atom is -0.497 e. The van der Waals surface area contributed by atoms with Crippen LogP contribution in [0.3, 0.4) is 0 Å². The highest BCUT2D eigenvalue weighted by atomic mass is 79.9. The molecule has 1 unspecified atom stereocenters. The van der Waals surface area contributed by atoms with Gasteiger partial charge in [-0.2, -0.15) is 0 Å². The van der Waals surface area contributed by atoms with Gasteiger partial charge in [0.25, 0.3) is 0 Å². The number of benzene rings is 1. The van der Waals surface area contributed by atoms with E-state index in [2.05, 4.69) is 29.8 Å². The molecule has 0 aliphatic heterocycles. The molecule has 0 aliphatic rings. The lowest BCUT2D eigenvalue weighted by Gasteiger charge is -2.19. The van der Waals surface area contributed by atoms with Gasteiger partial charge in [0.05, 0.1) is 13.2 Å². The molecule has 1 aromatic rings. The van der Waals surface area contributed by atoms with E-state index in [1.54, 1.807) is 7.11 Å². The zero-order chi connectivity index (χ0) is 12.8. The number of hydrogen-bond donors (Lipinski definition) is 1. The molecule has 0 saturated heterocycles. The molecule has 0 amide bonds. The van der Waals surface area contributed by atoms with Gasteiger partial charge in [0.1, 0.15) is 5.75 Å². The van der Waals surface area contributed by atoms with Crippen molar-refractivity contribution in [3.8, 4) is 5.75 Å². The van der Waals surface area contributed by atoms with E-state index in [1.165, 1.54) is 0 Å². The van der Waals surface area contributed by atoms with Gasteiger partial charge in [-0.05, 0) is 30.0 Å². The van der Waals surface area contributed by atoms with Crippen LogP contribution in [0.25, 0.3) is 0 Å². The van der Waals surface area contributed by atoms with Crippen LogP contribution in [0, 0.1) is 5.92 Å². The molecule has 0 fully saturated rings. The topological polar surface area (TPSA) is 29.5 Å². The molecule has 0 aromatic heterocycles. The van der Waals surface area contributed by atoms with Crippen LogP contribution in [-0.2, 0) is 0 Å². The number of aliphatic hydroxyl groups excluding tert-OH is 1. The minimum atomic E-state index is -0.403. The average molecular weight is 301 g/mol. The van der Waals surface area contributed by atoms with Crippen LogP contribution in [0.4, 0.5) is 0 Å². The Bertz CT molecular complexity index is 348. The van der Waals surface area contributed by atoms with Gasteiger partial charge in [0.2, 0.25) is 0 Å². The van der Waals surface area contributed by atoms with Crippen LogP contribution in [0.2, 0.25) is 0 Å². The molecule has 0 spiro atoms. The van der Waals surface area contributed by atoms with Crippen molar-refractivity contribution >= 4 is 15.9 Å².